The van der Waals surface area contributed by atoms with E-state index >= 15 is 0 Å². The summed E-state index contributed by atoms with van der Waals surface area (Å²) >= 11 is 0. The molecule has 25 heavy (non-hydrogen) atoms. The van der Waals surface area contributed by atoms with Crippen molar-refractivity contribution in [3.05, 3.63) is 0 Å². The van der Waals surface area contributed by atoms with Crippen molar-refractivity contribution >= 4 is 5.97 Å². The molecule has 2 saturated heterocycles. The minimum Gasteiger partial charge on any atom is -0.457 e. The van der Waals surface area contributed by atoms with Gasteiger partial charge in [0.05, 0.1) is 5.60 Å². The van der Waals surface area contributed by atoms with Gasteiger partial charge >= 0.3 is 5.97 Å². The second-order valence-corrected chi connectivity index (χ2v) is 7.88. The van der Waals surface area contributed by atoms with Crippen LogP contribution in [0.3, 0.4) is 0 Å². The average molecular weight is 359 g/mol. The smallest absolute Gasteiger partial charge is 0.332 e. The lowest BCUT2D eigenvalue weighted by Gasteiger charge is -2.48. The van der Waals surface area contributed by atoms with Crippen LogP contribution in [0.4, 0.5) is 0 Å². The van der Waals surface area contributed by atoms with Gasteiger partial charge in [-0.2, -0.15) is 0 Å². The Hall–Kier alpha value is -0.650. The molecule has 5 heteroatoms. The van der Waals surface area contributed by atoms with Crippen LogP contribution in [0.1, 0.15) is 67.2 Å². The molecule has 3 fully saturated rings. The summed E-state index contributed by atoms with van der Waals surface area (Å²) in [7, 11) is 1.00. The van der Waals surface area contributed by atoms with Gasteiger partial charge in [-0.1, -0.05) is 41.0 Å². The minimum absolute atomic E-state index is 0.172. The van der Waals surface area contributed by atoms with E-state index in [1.807, 2.05) is 13.8 Å². The highest BCUT2D eigenvalue weighted by Gasteiger charge is 2.66. The van der Waals surface area contributed by atoms with Gasteiger partial charge in [0.1, 0.15) is 18.3 Å². The highest BCUT2D eigenvalue weighted by atomic mass is 16.6. The van der Waals surface area contributed by atoms with Gasteiger partial charge in [-0.15, -0.1) is 0 Å². The highest BCUT2D eigenvalue weighted by Crippen LogP contribution is 2.62. The Morgan fingerprint density at radius 3 is 2.36 bits per heavy atom. The molecule has 1 saturated carbocycles. The van der Waals surface area contributed by atoms with Gasteiger partial charge in [0.25, 0.3) is 0 Å². The van der Waals surface area contributed by atoms with Crippen molar-refractivity contribution < 1.29 is 24.5 Å². The predicted molar refractivity (Wildman–Crippen MR) is 98.1 cm³/mol. The molecule has 2 N–H and O–H groups in total. The van der Waals surface area contributed by atoms with Crippen LogP contribution in [0.15, 0.2) is 0 Å². The van der Waals surface area contributed by atoms with E-state index < -0.39 is 12.6 Å². The van der Waals surface area contributed by atoms with Crippen molar-refractivity contribution in [1.82, 2.24) is 0 Å². The van der Waals surface area contributed by atoms with Crippen LogP contribution in [0.5, 0.6) is 0 Å². The molecule has 3 rings (SSSR count). The van der Waals surface area contributed by atoms with Crippen LogP contribution >= 0.6 is 0 Å². The molecule has 148 valence electrons. The molecule has 0 radical (unpaired) electrons. The summed E-state index contributed by atoms with van der Waals surface area (Å²) < 4.78 is 12.2. The Morgan fingerprint density at radius 1 is 1.24 bits per heavy atom. The Balaban J connectivity index is 0.000000730. The maximum absolute atomic E-state index is 11.6. The third-order valence-electron chi connectivity index (χ3n) is 6.55. The first kappa shape index (κ1) is 22.4. The first-order valence-electron chi connectivity index (χ1n) is 9.77. The molecule has 2 aliphatic heterocycles. The predicted octanol–water partition coefficient (Wildman–Crippen LogP) is 3.17. The number of esters is 1. The fourth-order valence-corrected chi connectivity index (χ4v) is 5.17. The van der Waals surface area contributed by atoms with Crippen molar-refractivity contribution in [1.29, 1.82) is 0 Å². The zero-order valence-electron chi connectivity index (χ0n) is 17.0. The maximum atomic E-state index is 11.6. The summed E-state index contributed by atoms with van der Waals surface area (Å²) in [5.41, 5.74) is -0.558. The summed E-state index contributed by atoms with van der Waals surface area (Å²) in [6, 6.07) is 0. The van der Waals surface area contributed by atoms with Crippen LogP contribution in [-0.2, 0) is 14.3 Å². The van der Waals surface area contributed by atoms with Crippen LogP contribution in [-0.4, -0.2) is 47.2 Å². The second kappa shape index (κ2) is 8.83. The number of aliphatic hydroxyl groups is 2. The highest BCUT2D eigenvalue weighted by molar-refractivity contribution is 5.70. The molecule has 5 nitrogen and oxygen atoms in total. The normalized spacial score (nSPS) is 41.2. The SMILES string of the molecule is CC.CC(C)C12CC3[C@H](C)CC[C@H]3C(C)(O1)C(OC(=O)CO)C2.CO. The number of carbonyl (C=O) groups is 1. The minimum atomic E-state index is -0.550. The summed E-state index contributed by atoms with van der Waals surface area (Å²) in [6.45, 7) is 12.3. The number of rotatable bonds is 3. The molecule has 6 atom stereocenters. The molecule has 2 bridgehead atoms. The van der Waals surface area contributed by atoms with E-state index in [2.05, 4.69) is 27.7 Å². The largest absolute Gasteiger partial charge is 0.457 e. The molecule has 3 aliphatic rings. The number of hydrogen-bond donors (Lipinski definition) is 2. The van der Waals surface area contributed by atoms with Gasteiger partial charge in [0, 0.05) is 13.5 Å². The topological polar surface area (TPSA) is 76.0 Å². The van der Waals surface area contributed by atoms with E-state index in [1.165, 1.54) is 6.42 Å². The lowest BCUT2D eigenvalue weighted by Crippen LogP contribution is -2.53. The molecule has 4 unspecified atom stereocenters. The van der Waals surface area contributed by atoms with E-state index in [0.717, 1.165) is 32.3 Å². The number of fused-ring (bicyclic) bond motifs is 4. The lowest BCUT2D eigenvalue weighted by atomic mass is 9.72. The molecule has 0 amide bonds. The van der Waals surface area contributed by atoms with Crippen molar-refractivity contribution in [2.75, 3.05) is 13.7 Å². The van der Waals surface area contributed by atoms with E-state index in [9.17, 15) is 4.79 Å². The standard InChI is InChI=1S/C17H28O4.C2H6.CH4O/c1-10(2)17-7-12-11(3)5-6-13(12)16(4,21-17)14(8-17)20-15(19)9-18;2*1-2/h10-14,18H,5-9H2,1-4H3;1-2H3;2H,1H3/t11-,12?,13-,14?,16?,17?;;/m1../s1. The zero-order valence-corrected chi connectivity index (χ0v) is 17.0. The Kier molecular flexibility index (Phi) is 7.91. The fraction of sp³-hybridized carbons (Fsp3) is 0.950. The van der Waals surface area contributed by atoms with Crippen LogP contribution in [0, 0.1) is 23.7 Å². The van der Waals surface area contributed by atoms with Crippen molar-refractivity contribution in [3.63, 3.8) is 0 Å². The fourth-order valence-electron chi connectivity index (χ4n) is 5.17. The summed E-state index contributed by atoms with van der Waals surface area (Å²) in [4.78, 5) is 11.6. The summed E-state index contributed by atoms with van der Waals surface area (Å²) in [6.07, 6.45) is 4.03. The third-order valence-corrected chi connectivity index (χ3v) is 6.55. The average Bonchev–Trinajstić information content (AvgIpc) is 3.09. The van der Waals surface area contributed by atoms with Gasteiger partial charge in [0.15, 0.2) is 0 Å². The van der Waals surface area contributed by atoms with Gasteiger partial charge in [-0.05, 0) is 43.4 Å². The molecule has 0 aromatic rings. The van der Waals surface area contributed by atoms with Crippen LogP contribution < -0.4 is 0 Å². The monoisotopic (exact) mass is 358 g/mol. The first-order chi connectivity index (χ1) is 11.8. The Labute approximate surface area is 153 Å². The van der Waals surface area contributed by atoms with Crippen molar-refractivity contribution in [2.45, 2.75) is 84.5 Å². The number of hydrogen-bond acceptors (Lipinski definition) is 5. The molecule has 0 spiro atoms. The van der Waals surface area contributed by atoms with Gasteiger partial charge in [-0.3, -0.25) is 0 Å². The molecule has 0 aromatic heterocycles. The molecular weight excluding hydrogens is 320 g/mol. The Morgan fingerprint density at radius 2 is 1.84 bits per heavy atom. The maximum Gasteiger partial charge on any atom is 0.332 e. The second-order valence-electron chi connectivity index (χ2n) is 7.88. The quantitative estimate of drug-likeness (QED) is 0.758. The Bertz CT molecular complexity index is 438. The number of aliphatic hydroxyl groups excluding tert-OH is 2. The number of ether oxygens (including phenoxy) is 2. The van der Waals surface area contributed by atoms with E-state index in [1.54, 1.807) is 0 Å². The van der Waals surface area contributed by atoms with Gasteiger partial charge < -0.3 is 19.7 Å². The van der Waals surface area contributed by atoms with Crippen molar-refractivity contribution in [2.24, 2.45) is 23.7 Å². The zero-order chi connectivity index (χ0) is 19.4. The van der Waals surface area contributed by atoms with E-state index in [-0.39, 0.29) is 17.3 Å². The molecule has 2 heterocycles. The number of carbonyl (C=O) groups excluding carboxylic acids is 1. The van der Waals surface area contributed by atoms with Gasteiger partial charge in [0.2, 0.25) is 0 Å². The lowest BCUT2D eigenvalue weighted by molar-refractivity contribution is -0.214. The molecular formula is C20H38O5. The van der Waals surface area contributed by atoms with Crippen molar-refractivity contribution in [3.8, 4) is 0 Å². The molecule has 0 aromatic carbocycles. The van der Waals surface area contributed by atoms with Crippen LogP contribution in [0.25, 0.3) is 0 Å². The molecule has 1 aliphatic carbocycles. The van der Waals surface area contributed by atoms with Crippen LogP contribution in [0.2, 0.25) is 0 Å². The first-order valence-corrected chi connectivity index (χ1v) is 9.77. The van der Waals surface area contributed by atoms with Gasteiger partial charge in [-0.25, -0.2) is 4.79 Å². The summed E-state index contributed by atoms with van der Waals surface area (Å²) in [5, 5.41) is 16.0. The third kappa shape index (κ3) is 3.88. The van der Waals surface area contributed by atoms with E-state index in [0.29, 0.717) is 17.8 Å². The van der Waals surface area contributed by atoms with E-state index in [4.69, 9.17) is 19.7 Å². The summed E-state index contributed by atoms with van der Waals surface area (Å²) in [5.74, 6) is 1.74.